The second-order valence-electron chi connectivity index (χ2n) is 2.65. The third kappa shape index (κ3) is 3.69. The molecule has 0 aliphatic rings. The van der Waals surface area contributed by atoms with E-state index in [9.17, 15) is 22.5 Å². The first-order valence-corrected chi connectivity index (χ1v) is 5.80. The van der Waals surface area contributed by atoms with Crippen molar-refractivity contribution in [3.8, 4) is 0 Å². The molecule has 1 atom stereocenters. The van der Waals surface area contributed by atoms with Crippen molar-refractivity contribution in [1.82, 2.24) is 4.72 Å². The van der Waals surface area contributed by atoms with Gasteiger partial charge in [0.25, 0.3) is 0 Å². The summed E-state index contributed by atoms with van der Waals surface area (Å²) < 4.78 is 48.8. The minimum atomic E-state index is -5.04. The van der Waals surface area contributed by atoms with Crippen LogP contribution in [-0.4, -0.2) is 16.6 Å². The normalized spacial score (nSPS) is 13.3. The van der Waals surface area contributed by atoms with Crippen LogP contribution in [0.2, 0.25) is 0 Å². The summed E-state index contributed by atoms with van der Waals surface area (Å²) in [6.07, 6.45) is -5.04. The van der Waals surface area contributed by atoms with Crippen molar-refractivity contribution in [3.05, 3.63) is 28.7 Å². The Kier molecular flexibility index (Phi) is 4.22. The number of nitrogens with one attached hydrogen (secondary N) is 1. The summed E-state index contributed by atoms with van der Waals surface area (Å²) in [5.41, 5.74) is 0. The molecule has 0 bridgehead atoms. The zero-order valence-corrected chi connectivity index (χ0v) is 9.95. The summed E-state index contributed by atoms with van der Waals surface area (Å²) >= 11 is 0.902. The van der Waals surface area contributed by atoms with Gasteiger partial charge >= 0.3 is 12.1 Å². The van der Waals surface area contributed by atoms with Gasteiger partial charge in [0.1, 0.15) is 11.4 Å². The van der Waals surface area contributed by atoms with Gasteiger partial charge in [-0.25, -0.2) is 0 Å². The molecule has 0 aromatic heterocycles. The fraction of sp³-hybridized carbons (Fsp3) is 0.125. The zero-order valence-electron chi connectivity index (χ0n) is 7.55. The maximum atomic E-state index is 11.8. The Bertz CT molecular complexity index is 382. The molecule has 8 heteroatoms. The molecule has 0 spiro atoms. The molecule has 3 nitrogen and oxygen atoms in total. The minimum Gasteiger partial charge on any atom is -0.588 e. The number of carbonyl (C=O) groups is 1. The van der Waals surface area contributed by atoms with Crippen LogP contribution in [0.4, 0.5) is 13.2 Å². The van der Waals surface area contributed by atoms with Crippen molar-refractivity contribution in [2.45, 2.75) is 11.1 Å². The van der Waals surface area contributed by atoms with E-state index >= 15 is 0 Å². The molecule has 1 rings (SSSR count). The number of amides is 1. The summed E-state index contributed by atoms with van der Waals surface area (Å²) in [5, 5.41) is 0. The van der Waals surface area contributed by atoms with Gasteiger partial charge in [-0.2, -0.15) is 17.9 Å². The number of alkyl halides is 3. The van der Waals surface area contributed by atoms with Gasteiger partial charge in [0.2, 0.25) is 0 Å². The predicted molar refractivity (Wildman–Crippen MR) is 54.7 cm³/mol. The topological polar surface area (TPSA) is 52.2 Å². The summed E-state index contributed by atoms with van der Waals surface area (Å²) in [4.78, 5) is 10.6. The highest BCUT2D eigenvalue weighted by Gasteiger charge is 2.41. The lowest BCUT2D eigenvalue weighted by Gasteiger charge is -2.11. The second kappa shape index (κ2) is 5.07. The van der Waals surface area contributed by atoms with Gasteiger partial charge in [0, 0.05) is 4.47 Å². The van der Waals surface area contributed by atoms with Crippen molar-refractivity contribution >= 4 is 33.2 Å². The van der Waals surface area contributed by atoms with Crippen molar-refractivity contribution in [2.24, 2.45) is 0 Å². The lowest BCUT2D eigenvalue weighted by atomic mass is 10.4. The molecule has 0 aliphatic heterocycles. The molecule has 0 radical (unpaired) electrons. The van der Waals surface area contributed by atoms with Crippen molar-refractivity contribution in [2.75, 3.05) is 0 Å². The predicted octanol–water partition coefficient (Wildman–Crippen LogP) is 2.15. The van der Waals surface area contributed by atoms with Gasteiger partial charge in [-0.1, -0.05) is 15.9 Å². The number of halogens is 4. The van der Waals surface area contributed by atoms with E-state index in [1.165, 1.54) is 29.0 Å². The summed E-state index contributed by atoms with van der Waals surface area (Å²) in [6.45, 7) is 0. The number of hydrogen-bond acceptors (Lipinski definition) is 2. The van der Waals surface area contributed by atoms with Gasteiger partial charge < -0.3 is 4.55 Å². The van der Waals surface area contributed by atoms with Crippen LogP contribution in [0, 0.1) is 0 Å². The zero-order chi connectivity index (χ0) is 12.3. The van der Waals surface area contributed by atoms with Crippen LogP contribution in [0.25, 0.3) is 0 Å². The first-order chi connectivity index (χ1) is 7.30. The Morgan fingerprint density at radius 2 is 1.81 bits per heavy atom. The molecule has 0 heterocycles. The Morgan fingerprint density at radius 1 is 1.31 bits per heavy atom. The molecule has 88 valence electrons. The van der Waals surface area contributed by atoms with E-state index in [0.29, 0.717) is 4.47 Å². The van der Waals surface area contributed by atoms with Gasteiger partial charge in [-0.15, -0.1) is 0 Å². The molecule has 0 fully saturated rings. The van der Waals surface area contributed by atoms with Gasteiger partial charge in [-0.3, -0.25) is 4.79 Å². The summed E-state index contributed by atoms with van der Waals surface area (Å²) in [6, 6.07) is 5.70. The van der Waals surface area contributed by atoms with E-state index in [2.05, 4.69) is 15.9 Å². The number of hydrogen-bond donors (Lipinski definition) is 1. The van der Waals surface area contributed by atoms with Crippen LogP contribution in [0.1, 0.15) is 0 Å². The quantitative estimate of drug-likeness (QED) is 0.850. The smallest absolute Gasteiger partial charge is 0.475 e. The van der Waals surface area contributed by atoms with E-state index < -0.39 is 23.4 Å². The van der Waals surface area contributed by atoms with E-state index in [0.717, 1.165) is 0 Å². The molecule has 0 saturated carbocycles. The van der Waals surface area contributed by atoms with Gasteiger partial charge in [-0.05, 0) is 24.3 Å². The second-order valence-corrected chi connectivity index (χ2v) is 4.78. The first-order valence-electron chi connectivity index (χ1n) is 3.86. The SMILES string of the molecule is O=C(N[S+]([O-])c1ccc(Br)cc1)C(F)(F)F. The van der Waals surface area contributed by atoms with Crippen LogP contribution in [-0.2, 0) is 16.2 Å². The number of benzene rings is 1. The lowest BCUT2D eigenvalue weighted by molar-refractivity contribution is -0.171. The summed E-state index contributed by atoms with van der Waals surface area (Å²) in [5.74, 6) is -2.23. The highest BCUT2D eigenvalue weighted by Crippen LogP contribution is 2.18. The third-order valence-corrected chi connectivity index (χ3v) is 3.07. The fourth-order valence-electron chi connectivity index (χ4n) is 0.759. The van der Waals surface area contributed by atoms with Crippen LogP contribution >= 0.6 is 15.9 Å². The largest absolute Gasteiger partial charge is 0.588 e. The first kappa shape index (κ1) is 13.3. The standard InChI is InChI=1S/C8H5BrF3NO2S/c9-5-1-3-6(4-2-5)16(15)13-7(14)8(10,11)12/h1-4H,(H,13,14). The van der Waals surface area contributed by atoms with Crippen LogP contribution < -0.4 is 4.72 Å². The lowest BCUT2D eigenvalue weighted by Crippen LogP contribution is -2.40. The molecular weight excluding hydrogens is 311 g/mol. The Labute approximate surface area is 100 Å². The highest BCUT2D eigenvalue weighted by atomic mass is 79.9. The molecule has 16 heavy (non-hydrogen) atoms. The number of rotatable bonds is 2. The molecule has 0 aliphatic carbocycles. The minimum absolute atomic E-state index is 0.0841. The molecule has 1 unspecified atom stereocenters. The molecule has 1 aromatic rings. The molecular formula is C8H5BrF3NO2S. The molecule has 0 saturated heterocycles. The monoisotopic (exact) mass is 315 g/mol. The van der Waals surface area contributed by atoms with Crippen LogP contribution in [0.3, 0.4) is 0 Å². The average Bonchev–Trinajstić information content (AvgIpc) is 2.17. The molecule has 1 N–H and O–H groups in total. The van der Waals surface area contributed by atoms with E-state index in [1.54, 1.807) is 0 Å². The van der Waals surface area contributed by atoms with Crippen LogP contribution in [0.15, 0.2) is 33.6 Å². The Morgan fingerprint density at radius 3 is 2.25 bits per heavy atom. The fourth-order valence-corrected chi connectivity index (χ4v) is 1.81. The molecule has 1 aromatic carbocycles. The van der Waals surface area contributed by atoms with Crippen molar-refractivity contribution in [3.63, 3.8) is 0 Å². The van der Waals surface area contributed by atoms with E-state index in [4.69, 9.17) is 0 Å². The summed E-state index contributed by atoms with van der Waals surface area (Å²) in [7, 11) is 0. The van der Waals surface area contributed by atoms with Crippen molar-refractivity contribution < 1.29 is 22.5 Å². The number of carbonyl (C=O) groups excluding carboxylic acids is 1. The Hall–Kier alpha value is -0.730. The maximum absolute atomic E-state index is 11.8. The third-order valence-electron chi connectivity index (χ3n) is 1.47. The van der Waals surface area contributed by atoms with Gasteiger partial charge in [0.15, 0.2) is 4.90 Å². The highest BCUT2D eigenvalue weighted by molar-refractivity contribution is 9.10. The van der Waals surface area contributed by atoms with Gasteiger partial charge in [0.05, 0.1) is 0 Å². The molecule has 1 amide bonds. The van der Waals surface area contributed by atoms with E-state index in [1.807, 2.05) is 0 Å². The van der Waals surface area contributed by atoms with Crippen LogP contribution in [0.5, 0.6) is 0 Å². The average molecular weight is 316 g/mol. The van der Waals surface area contributed by atoms with E-state index in [-0.39, 0.29) is 4.90 Å². The Balaban J connectivity index is 2.69. The maximum Gasteiger partial charge on any atom is 0.475 e. The van der Waals surface area contributed by atoms with Crippen molar-refractivity contribution in [1.29, 1.82) is 0 Å².